The second kappa shape index (κ2) is 7.22. The van der Waals surface area contributed by atoms with Gasteiger partial charge in [0.1, 0.15) is 24.4 Å². The predicted molar refractivity (Wildman–Crippen MR) is 116 cm³/mol. The van der Waals surface area contributed by atoms with Gasteiger partial charge in [-0.2, -0.15) is 0 Å². The molecule has 0 radical (unpaired) electrons. The molecule has 3 aliphatic carbocycles. The van der Waals surface area contributed by atoms with Crippen molar-refractivity contribution in [3.63, 3.8) is 0 Å². The number of carbonyl (C=O) groups excluding carboxylic acids is 3. The van der Waals surface area contributed by atoms with Crippen LogP contribution < -0.4 is 0 Å². The number of aliphatic hydroxyl groups is 3. The summed E-state index contributed by atoms with van der Waals surface area (Å²) in [5, 5.41) is 34.3. The quantitative estimate of drug-likeness (QED) is 0.387. The molecule has 9 heteroatoms. The van der Waals surface area contributed by atoms with Gasteiger partial charge in [0.2, 0.25) is 0 Å². The van der Waals surface area contributed by atoms with Gasteiger partial charge in [0.05, 0.1) is 6.61 Å². The third-order valence-corrected chi connectivity index (χ3v) is 9.56. The summed E-state index contributed by atoms with van der Waals surface area (Å²) in [7, 11) is 0. The van der Waals surface area contributed by atoms with E-state index in [9.17, 15) is 29.7 Å². The van der Waals surface area contributed by atoms with E-state index >= 15 is 0 Å². The van der Waals surface area contributed by atoms with E-state index in [0.717, 1.165) is 0 Å². The Labute approximate surface area is 197 Å². The molecule has 3 N–H and O–H groups in total. The van der Waals surface area contributed by atoms with E-state index in [1.807, 2.05) is 0 Å². The van der Waals surface area contributed by atoms with E-state index in [1.165, 1.54) is 6.08 Å². The Morgan fingerprint density at radius 3 is 2.62 bits per heavy atom. The van der Waals surface area contributed by atoms with Crippen LogP contribution in [-0.2, 0) is 28.6 Å². The maximum Gasteiger partial charge on any atom is 0.333 e. The molecule has 5 rings (SSSR count). The fourth-order valence-corrected chi connectivity index (χ4v) is 8.12. The molecule has 5 aliphatic rings. The van der Waals surface area contributed by atoms with Gasteiger partial charge in [0, 0.05) is 34.7 Å². The lowest BCUT2D eigenvalue weighted by molar-refractivity contribution is -0.344. The van der Waals surface area contributed by atoms with Gasteiger partial charge in [-0.05, 0) is 38.7 Å². The SMILES string of the molecule is C/C=C(/C)C(=O)O[C@@H]1[C@H]2C(C)=CC(=O)[C@@H](O)[C@]2(C)[C@H]2[C@@]3(O)OC[C@@]24[C@@H]1OC(=O)C[C@H]4[C@@H](C)[C@H]3O. The van der Waals surface area contributed by atoms with Crippen molar-refractivity contribution in [1.82, 2.24) is 0 Å². The zero-order valence-electron chi connectivity index (χ0n) is 20.0. The average Bonchev–Trinajstić information content (AvgIpc) is 3.08. The Kier molecular flexibility index (Phi) is 5.03. The number of ether oxygens (including phenoxy) is 3. The first-order chi connectivity index (χ1) is 15.8. The topological polar surface area (TPSA) is 140 Å². The zero-order chi connectivity index (χ0) is 25.0. The Morgan fingerprint density at radius 2 is 1.97 bits per heavy atom. The minimum Gasteiger partial charge on any atom is -0.458 e. The summed E-state index contributed by atoms with van der Waals surface area (Å²) in [4.78, 5) is 38.7. The lowest BCUT2D eigenvalue weighted by Gasteiger charge is -2.68. The zero-order valence-corrected chi connectivity index (χ0v) is 20.0. The molecular weight excluding hydrogens is 444 g/mol. The number of esters is 2. The van der Waals surface area contributed by atoms with Gasteiger partial charge in [-0.3, -0.25) is 9.59 Å². The first-order valence-electron chi connectivity index (χ1n) is 11.8. The molecule has 1 spiro atoms. The smallest absolute Gasteiger partial charge is 0.333 e. The van der Waals surface area contributed by atoms with E-state index in [1.54, 1.807) is 40.7 Å². The van der Waals surface area contributed by atoms with E-state index in [4.69, 9.17) is 14.2 Å². The van der Waals surface area contributed by atoms with Crippen LogP contribution in [0.4, 0.5) is 0 Å². The average molecular weight is 477 g/mol. The molecule has 2 saturated carbocycles. The number of hydrogen-bond donors (Lipinski definition) is 3. The summed E-state index contributed by atoms with van der Waals surface area (Å²) in [6.45, 7) is 8.37. The van der Waals surface area contributed by atoms with Gasteiger partial charge in [0.15, 0.2) is 11.6 Å². The molecule has 2 aliphatic heterocycles. The van der Waals surface area contributed by atoms with Crippen LogP contribution in [0.25, 0.3) is 0 Å². The number of allylic oxidation sites excluding steroid dienone is 1. The van der Waals surface area contributed by atoms with Crippen LogP contribution >= 0.6 is 0 Å². The van der Waals surface area contributed by atoms with E-state index in [0.29, 0.717) is 11.1 Å². The molecule has 2 saturated heterocycles. The van der Waals surface area contributed by atoms with Gasteiger partial charge in [-0.1, -0.05) is 25.5 Å². The molecule has 0 unspecified atom stereocenters. The summed E-state index contributed by atoms with van der Waals surface area (Å²) >= 11 is 0. The molecular formula is C25H32O9. The standard InChI is InChI=1S/C25H32O9/c1-6-10(2)21(30)34-17-16-11(3)7-14(26)19(29)23(16,5)22-24-9-32-25(22,31)18(28)12(4)13(24)8-15(27)33-20(17)24/h6-7,12-13,16-20,22,28-29,31H,8-9H2,1-5H3/b10-6-/t12-,13+,16-,17-,18-,19-,20-,22-,23-,24-,25+/m1/s1. The normalized spacial score (nSPS) is 51.8. The fourth-order valence-electron chi connectivity index (χ4n) is 8.12. The van der Waals surface area contributed by atoms with Gasteiger partial charge >= 0.3 is 11.9 Å². The Hall–Kier alpha value is -2.07. The number of aliphatic hydroxyl groups excluding tert-OH is 2. The maximum atomic E-state index is 13.0. The van der Waals surface area contributed by atoms with Gasteiger partial charge in [-0.25, -0.2) is 4.79 Å². The third-order valence-electron chi connectivity index (χ3n) is 9.56. The van der Waals surface area contributed by atoms with Crippen molar-refractivity contribution < 1.29 is 43.9 Å². The molecule has 0 aromatic rings. The van der Waals surface area contributed by atoms with E-state index in [-0.39, 0.29) is 13.0 Å². The lowest BCUT2D eigenvalue weighted by Crippen LogP contribution is -2.79. The van der Waals surface area contributed by atoms with Crippen LogP contribution in [0.15, 0.2) is 23.3 Å². The van der Waals surface area contributed by atoms with E-state index in [2.05, 4.69) is 0 Å². The van der Waals surface area contributed by atoms with Crippen LogP contribution in [0.3, 0.4) is 0 Å². The summed E-state index contributed by atoms with van der Waals surface area (Å²) in [6, 6.07) is 0. The highest BCUT2D eigenvalue weighted by atomic mass is 16.7. The molecule has 186 valence electrons. The summed E-state index contributed by atoms with van der Waals surface area (Å²) in [5.41, 5.74) is -1.53. The second-order valence-electron chi connectivity index (χ2n) is 11.0. The molecule has 4 fully saturated rings. The first-order valence-corrected chi connectivity index (χ1v) is 11.8. The number of ketones is 1. The van der Waals surface area contributed by atoms with Crippen LogP contribution in [0, 0.1) is 34.5 Å². The van der Waals surface area contributed by atoms with Crippen LogP contribution in [-0.4, -0.2) is 69.9 Å². The maximum absolute atomic E-state index is 13.0. The molecule has 0 aromatic carbocycles. The molecule has 11 atom stereocenters. The summed E-state index contributed by atoms with van der Waals surface area (Å²) in [5.74, 6) is -6.42. The lowest BCUT2D eigenvalue weighted by atomic mass is 9.37. The number of carbonyl (C=O) groups is 3. The van der Waals surface area contributed by atoms with Crippen molar-refractivity contribution in [2.45, 2.75) is 71.2 Å². The molecule has 9 nitrogen and oxygen atoms in total. The number of rotatable bonds is 2. The van der Waals surface area contributed by atoms with Crippen LogP contribution in [0.1, 0.15) is 41.0 Å². The van der Waals surface area contributed by atoms with Crippen molar-refractivity contribution in [3.05, 3.63) is 23.3 Å². The molecule has 34 heavy (non-hydrogen) atoms. The Bertz CT molecular complexity index is 1030. The van der Waals surface area contributed by atoms with Crippen molar-refractivity contribution in [1.29, 1.82) is 0 Å². The molecule has 0 amide bonds. The van der Waals surface area contributed by atoms with Gasteiger partial charge < -0.3 is 29.5 Å². The predicted octanol–water partition coefficient (Wildman–Crippen LogP) is 0.654. The Balaban J connectivity index is 1.79. The fraction of sp³-hybridized carbons (Fsp3) is 0.720. The highest BCUT2D eigenvalue weighted by Crippen LogP contribution is 2.73. The molecule has 2 heterocycles. The summed E-state index contributed by atoms with van der Waals surface area (Å²) < 4.78 is 17.8. The minimum atomic E-state index is -2.07. The molecule has 2 bridgehead atoms. The van der Waals surface area contributed by atoms with Crippen LogP contribution in [0.5, 0.6) is 0 Å². The summed E-state index contributed by atoms with van der Waals surface area (Å²) in [6.07, 6.45) is -1.99. The van der Waals surface area contributed by atoms with Crippen molar-refractivity contribution in [2.75, 3.05) is 6.61 Å². The van der Waals surface area contributed by atoms with Crippen molar-refractivity contribution in [3.8, 4) is 0 Å². The highest BCUT2D eigenvalue weighted by Gasteiger charge is 2.84. The number of fused-ring (bicyclic) bond motifs is 1. The van der Waals surface area contributed by atoms with Crippen LogP contribution in [0.2, 0.25) is 0 Å². The monoisotopic (exact) mass is 476 g/mol. The van der Waals surface area contributed by atoms with Crippen molar-refractivity contribution in [2.24, 2.45) is 34.5 Å². The van der Waals surface area contributed by atoms with Gasteiger partial charge in [0.25, 0.3) is 0 Å². The second-order valence-corrected chi connectivity index (χ2v) is 11.0. The van der Waals surface area contributed by atoms with Crippen molar-refractivity contribution >= 4 is 17.7 Å². The highest BCUT2D eigenvalue weighted by molar-refractivity contribution is 5.96. The first kappa shape index (κ1) is 23.7. The Morgan fingerprint density at radius 1 is 1.29 bits per heavy atom. The van der Waals surface area contributed by atoms with Gasteiger partial charge in [-0.15, -0.1) is 0 Å². The third kappa shape index (κ3) is 2.56. The number of hydrogen-bond acceptors (Lipinski definition) is 9. The molecule has 0 aromatic heterocycles. The van der Waals surface area contributed by atoms with E-state index < -0.39 is 82.4 Å². The minimum absolute atomic E-state index is 0.0150. The largest absolute Gasteiger partial charge is 0.458 e.